The third kappa shape index (κ3) is 1.37. The minimum Gasteiger partial charge on any atom is -0.475 e. The van der Waals surface area contributed by atoms with Gasteiger partial charge in [0.1, 0.15) is 6.26 Å². The molecule has 0 amide bonds. The van der Waals surface area contributed by atoms with Crippen molar-refractivity contribution < 1.29 is 4.74 Å². The molecule has 1 rings (SSSR count). The lowest BCUT2D eigenvalue weighted by Crippen LogP contribution is -2.34. The first-order valence-electron chi connectivity index (χ1n) is 3.41. The van der Waals surface area contributed by atoms with Crippen LogP contribution in [-0.2, 0) is 4.74 Å². The second-order valence-electron chi connectivity index (χ2n) is 2.57. The molecule has 58 valence electrons. The van der Waals surface area contributed by atoms with E-state index in [4.69, 9.17) is 16.3 Å². The van der Waals surface area contributed by atoms with Gasteiger partial charge in [0, 0.05) is 12.2 Å². The molecular formula is C7H12ClNO. The summed E-state index contributed by atoms with van der Waals surface area (Å²) in [5, 5.41) is 0. The average Bonchev–Trinajstić information content (AvgIpc) is 2.33. The standard InChI is InChI=1S/C7H12ClNO/c1-6(2)9-3-4-10-7(9)5-8/h3-4,6-7H,5H2,1-2H3. The highest BCUT2D eigenvalue weighted by Crippen LogP contribution is 2.15. The van der Waals surface area contributed by atoms with Crippen LogP contribution in [0.15, 0.2) is 12.5 Å². The third-order valence-corrected chi connectivity index (χ3v) is 1.79. The van der Waals surface area contributed by atoms with Gasteiger partial charge in [-0.1, -0.05) is 0 Å². The van der Waals surface area contributed by atoms with E-state index in [1.807, 2.05) is 6.20 Å². The molecule has 3 heteroatoms. The van der Waals surface area contributed by atoms with Gasteiger partial charge in [-0.2, -0.15) is 0 Å². The summed E-state index contributed by atoms with van der Waals surface area (Å²) >= 11 is 5.64. The van der Waals surface area contributed by atoms with Crippen LogP contribution >= 0.6 is 11.6 Å². The summed E-state index contributed by atoms with van der Waals surface area (Å²) < 4.78 is 5.19. The molecule has 1 unspecified atom stereocenters. The molecule has 0 aromatic rings. The minimum atomic E-state index is 0.0432. The number of nitrogens with zero attached hydrogens (tertiary/aromatic N) is 1. The molecule has 0 bridgehead atoms. The Kier molecular flexibility index (Phi) is 2.44. The Morgan fingerprint density at radius 1 is 1.70 bits per heavy atom. The van der Waals surface area contributed by atoms with Gasteiger partial charge >= 0.3 is 0 Å². The van der Waals surface area contributed by atoms with Gasteiger partial charge in [-0.3, -0.25) is 0 Å². The van der Waals surface area contributed by atoms with Crippen molar-refractivity contribution in [1.29, 1.82) is 0 Å². The van der Waals surface area contributed by atoms with Crippen LogP contribution in [0.3, 0.4) is 0 Å². The van der Waals surface area contributed by atoms with E-state index in [9.17, 15) is 0 Å². The van der Waals surface area contributed by atoms with Crippen LogP contribution < -0.4 is 0 Å². The fourth-order valence-electron chi connectivity index (χ4n) is 0.983. The summed E-state index contributed by atoms with van der Waals surface area (Å²) in [4.78, 5) is 2.09. The minimum absolute atomic E-state index is 0.0432. The van der Waals surface area contributed by atoms with Crippen molar-refractivity contribution in [1.82, 2.24) is 4.90 Å². The highest BCUT2D eigenvalue weighted by atomic mass is 35.5. The molecule has 0 aliphatic carbocycles. The highest BCUT2D eigenvalue weighted by Gasteiger charge is 2.21. The molecule has 1 aliphatic heterocycles. The first-order chi connectivity index (χ1) is 4.75. The maximum atomic E-state index is 5.64. The summed E-state index contributed by atoms with van der Waals surface area (Å²) in [7, 11) is 0. The predicted molar refractivity (Wildman–Crippen MR) is 41.7 cm³/mol. The van der Waals surface area contributed by atoms with Crippen molar-refractivity contribution in [2.24, 2.45) is 0 Å². The first kappa shape index (κ1) is 7.73. The van der Waals surface area contributed by atoms with Crippen LogP contribution in [0.4, 0.5) is 0 Å². The molecule has 0 fully saturated rings. The summed E-state index contributed by atoms with van der Waals surface area (Å²) in [5.74, 6) is 0.519. The fraction of sp³-hybridized carbons (Fsp3) is 0.714. The molecule has 1 heterocycles. The van der Waals surface area contributed by atoms with Crippen LogP contribution in [-0.4, -0.2) is 23.0 Å². The molecule has 0 aromatic heterocycles. The second kappa shape index (κ2) is 3.15. The smallest absolute Gasteiger partial charge is 0.185 e. The summed E-state index contributed by atoms with van der Waals surface area (Å²) in [5.41, 5.74) is 0. The zero-order valence-electron chi connectivity index (χ0n) is 6.25. The van der Waals surface area contributed by atoms with Crippen molar-refractivity contribution in [3.63, 3.8) is 0 Å². The molecule has 10 heavy (non-hydrogen) atoms. The molecule has 1 aliphatic rings. The lowest BCUT2D eigenvalue weighted by molar-refractivity contribution is 0.0595. The molecule has 2 nitrogen and oxygen atoms in total. The van der Waals surface area contributed by atoms with E-state index in [1.54, 1.807) is 6.26 Å². The van der Waals surface area contributed by atoms with E-state index in [0.29, 0.717) is 11.9 Å². The Bertz CT molecular complexity index is 136. The van der Waals surface area contributed by atoms with Crippen molar-refractivity contribution in [2.45, 2.75) is 26.1 Å². The second-order valence-corrected chi connectivity index (χ2v) is 2.88. The molecule has 0 radical (unpaired) electrons. The normalized spacial score (nSPS) is 24.0. The van der Waals surface area contributed by atoms with Crippen LogP contribution in [0, 0.1) is 0 Å². The maximum absolute atomic E-state index is 5.64. The van der Waals surface area contributed by atoms with Crippen molar-refractivity contribution >= 4 is 11.6 Å². The Morgan fingerprint density at radius 3 is 2.80 bits per heavy atom. The van der Waals surface area contributed by atoms with Gasteiger partial charge in [-0.05, 0) is 13.8 Å². The fourth-order valence-corrected chi connectivity index (χ4v) is 1.22. The number of hydrogen-bond acceptors (Lipinski definition) is 2. The molecule has 0 N–H and O–H groups in total. The zero-order chi connectivity index (χ0) is 7.56. The van der Waals surface area contributed by atoms with E-state index in [-0.39, 0.29) is 6.23 Å². The maximum Gasteiger partial charge on any atom is 0.185 e. The van der Waals surface area contributed by atoms with Crippen molar-refractivity contribution in [3.8, 4) is 0 Å². The van der Waals surface area contributed by atoms with E-state index < -0.39 is 0 Å². The quantitative estimate of drug-likeness (QED) is 0.573. The van der Waals surface area contributed by atoms with Gasteiger partial charge in [0.15, 0.2) is 6.23 Å². The molecule has 0 saturated heterocycles. The highest BCUT2D eigenvalue weighted by molar-refractivity contribution is 6.18. The van der Waals surface area contributed by atoms with E-state index in [2.05, 4.69) is 18.7 Å². The summed E-state index contributed by atoms with van der Waals surface area (Å²) in [6.45, 7) is 4.22. The van der Waals surface area contributed by atoms with Gasteiger partial charge < -0.3 is 9.64 Å². The van der Waals surface area contributed by atoms with E-state index >= 15 is 0 Å². The predicted octanol–water partition coefficient (Wildman–Crippen LogP) is 1.76. The monoisotopic (exact) mass is 161 g/mol. The number of ether oxygens (including phenoxy) is 1. The molecule has 0 spiro atoms. The number of rotatable bonds is 2. The average molecular weight is 162 g/mol. The van der Waals surface area contributed by atoms with Gasteiger partial charge in [0.05, 0.1) is 5.88 Å². The number of hydrogen-bond donors (Lipinski definition) is 0. The Balaban J connectivity index is 2.49. The largest absolute Gasteiger partial charge is 0.475 e. The zero-order valence-corrected chi connectivity index (χ0v) is 7.01. The van der Waals surface area contributed by atoms with Gasteiger partial charge in [0.25, 0.3) is 0 Å². The number of halogens is 1. The lowest BCUT2D eigenvalue weighted by Gasteiger charge is -2.25. The van der Waals surface area contributed by atoms with Crippen LogP contribution in [0.5, 0.6) is 0 Å². The van der Waals surface area contributed by atoms with Crippen molar-refractivity contribution in [3.05, 3.63) is 12.5 Å². The molecule has 0 saturated carbocycles. The first-order valence-corrected chi connectivity index (χ1v) is 3.94. The third-order valence-electron chi connectivity index (χ3n) is 1.53. The topological polar surface area (TPSA) is 12.5 Å². The van der Waals surface area contributed by atoms with Crippen LogP contribution in [0.2, 0.25) is 0 Å². The van der Waals surface area contributed by atoms with Crippen LogP contribution in [0.25, 0.3) is 0 Å². The molecule has 0 aromatic carbocycles. The van der Waals surface area contributed by atoms with Crippen LogP contribution in [0.1, 0.15) is 13.8 Å². The Hall–Kier alpha value is -0.370. The number of alkyl halides is 1. The molecular weight excluding hydrogens is 150 g/mol. The van der Waals surface area contributed by atoms with Gasteiger partial charge in [-0.25, -0.2) is 0 Å². The Labute approximate surface area is 66.4 Å². The van der Waals surface area contributed by atoms with Gasteiger partial charge in [0.2, 0.25) is 0 Å². The SMILES string of the molecule is CC(C)N1C=COC1CCl. The van der Waals surface area contributed by atoms with Crippen molar-refractivity contribution in [2.75, 3.05) is 5.88 Å². The Morgan fingerprint density at radius 2 is 2.40 bits per heavy atom. The lowest BCUT2D eigenvalue weighted by atomic mass is 10.3. The van der Waals surface area contributed by atoms with E-state index in [1.165, 1.54) is 0 Å². The van der Waals surface area contributed by atoms with Gasteiger partial charge in [-0.15, -0.1) is 11.6 Å². The van der Waals surface area contributed by atoms with E-state index in [0.717, 1.165) is 0 Å². The summed E-state index contributed by atoms with van der Waals surface area (Å²) in [6, 6.07) is 0.461. The summed E-state index contributed by atoms with van der Waals surface area (Å²) in [6.07, 6.45) is 3.66. The molecule has 1 atom stereocenters.